The lowest BCUT2D eigenvalue weighted by Crippen LogP contribution is -1.97. The van der Waals surface area contributed by atoms with Gasteiger partial charge >= 0.3 is 0 Å². The molecular formula is C60H38N2. The molecule has 0 aliphatic heterocycles. The standard InChI is InChI=1S/C60H38N2/c1-4-16-39(17-5-1)42-28-33-45(34-29-42)61-54-37-32-44(41-20-8-3-9-21-41)38-52(54)58-56-48-23-11-10-22-47(48)55-51-26-14-15-27-53(51)62(46-35-30-43(31-36-46)40-18-6-2-7-19-40)60(55)57(56)49-24-12-13-25-50(49)59(58)61/h1-38H. The highest BCUT2D eigenvalue weighted by Crippen LogP contribution is 2.50. The molecule has 62 heavy (non-hydrogen) atoms. The van der Waals surface area contributed by atoms with Crippen LogP contribution in [-0.4, -0.2) is 9.13 Å². The maximum Gasteiger partial charge on any atom is 0.0632 e. The van der Waals surface area contributed by atoms with E-state index < -0.39 is 0 Å². The first-order valence-corrected chi connectivity index (χ1v) is 21.4. The molecule has 0 spiro atoms. The van der Waals surface area contributed by atoms with E-state index in [9.17, 15) is 0 Å². The molecule has 0 fully saturated rings. The number of rotatable bonds is 5. The first-order valence-electron chi connectivity index (χ1n) is 21.4. The third-order valence-corrected chi connectivity index (χ3v) is 13.1. The number of para-hydroxylation sites is 1. The minimum atomic E-state index is 1.14. The molecule has 13 aromatic rings. The highest BCUT2D eigenvalue weighted by molar-refractivity contribution is 6.44. The van der Waals surface area contributed by atoms with Crippen LogP contribution in [-0.2, 0) is 0 Å². The van der Waals surface area contributed by atoms with Crippen LogP contribution in [0.1, 0.15) is 0 Å². The van der Waals surface area contributed by atoms with Gasteiger partial charge < -0.3 is 9.13 Å². The Bertz CT molecular complexity index is 3860. The predicted molar refractivity (Wildman–Crippen MR) is 264 cm³/mol. The summed E-state index contributed by atoms with van der Waals surface area (Å²) in [6.45, 7) is 0. The molecule has 288 valence electrons. The molecular weight excluding hydrogens is 749 g/mol. The van der Waals surface area contributed by atoms with Crippen molar-refractivity contribution in [3.63, 3.8) is 0 Å². The highest BCUT2D eigenvalue weighted by Gasteiger charge is 2.26. The Hall–Kier alpha value is -8.20. The minimum absolute atomic E-state index is 1.14. The topological polar surface area (TPSA) is 9.86 Å². The van der Waals surface area contributed by atoms with Gasteiger partial charge in [0.25, 0.3) is 0 Å². The van der Waals surface area contributed by atoms with Gasteiger partial charge in [-0.2, -0.15) is 0 Å². The first-order chi connectivity index (χ1) is 30.8. The number of benzene rings is 11. The molecule has 0 aliphatic carbocycles. The zero-order valence-electron chi connectivity index (χ0n) is 33.8. The summed E-state index contributed by atoms with van der Waals surface area (Å²) >= 11 is 0. The van der Waals surface area contributed by atoms with Crippen molar-refractivity contribution in [1.82, 2.24) is 9.13 Å². The van der Waals surface area contributed by atoms with Gasteiger partial charge in [-0.1, -0.05) is 188 Å². The van der Waals surface area contributed by atoms with E-state index in [0.717, 1.165) is 11.4 Å². The zero-order valence-corrected chi connectivity index (χ0v) is 33.8. The van der Waals surface area contributed by atoms with Crippen LogP contribution in [0.15, 0.2) is 231 Å². The van der Waals surface area contributed by atoms with Gasteiger partial charge in [0.05, 0.1) is 22.1 Å². The molecule has 0 aliphatic rings. The molecule has 2 aromatic heterocycles. The summed E-state index contributed by atoms with van der Waals surface area (Å²) in [6, 6.07) is 84.7. The normalized spacial score (nSPS) is 11.9. The van der Waals surface area contributed by atoms with Crippen molar-refractivity contribution in [1.29, 1.82) is 0 Å². The molecule has 0 N–H and O–H groups in total. The molecule has 11 aromatic carbocycles. The molecule has 0 bridgehead atoms. The average Bonchev–Trinajstić information content (AvgIpc) is 3.89. The predicted octanol–water partition coefficient (Wildman–Crippen LogP) is 16.3. The molecule has 2 heteroatoms. The van der Waals surface area contributed by atoms with Gasteiger partial charge in [0, 0.05) is 49.1 Å². The van der Waals surface area contributed by atoms with E-state index >= 15 is 0 Å². The maximum atomic E-state index is 2.53. The fraction of sp³-hybridized carbons (Fsp3) is 0. The molecule has 2 nitrogen and oxygen atoms in total. The van der Waals surface area contributed by atoms with E-state index in [1.807, 2.05) is 0 Å². The molecule has 0 atom stereocenters. The monoisotopic (exact) mass is 786 g/mol. The second-order valence-corrected chi connectivity index (χ2v) is 16.4. The Balaban J connectivity index is 1.23. The number of nitrogens with zero attached hydrogens (tertiary/aromatic N) is 2. The van der Waals surface area contributed by atoms with Gasteiger partial charge in [-0.3, -0.25) is 0 Å². The van der Waals surface area contributed by atoms with Crippen molar-refractivity contribution in [2.24, 2.45) is 0 Å². The average molecular weight is 787 g/mol. The van der Waals surface area contributed by atoms with Crippen molar-refractivity contribution in [3.05, 3.63) is 231 Å². The summed E-state index contributed by atoms with van der Waals surface area (Å²) in [5.74, 6) is 0. The van der Waals surface area contributed by atoms with Gasteiger partial charge in [0.15, 0.2) is 0 Å². The van der Waals surface area contributed by atoms with E-state index in [1.165, 1.54) is 109 Å². The van der Waals surface area contributed by atoms with Crippen LogP contribution in [0.4, 0.5) is 0 Å². The lowest BCUT2D eigenvalue weighted by molar-refractivity contribution is 1.19. The maximum absolute atomic E-state index is 2.53. The number of hydrogen-bond donors (Lipinski definition) is 0. The van der Waals surface area contributed by atoms with Crippen LogP contribution < -0.4 is 0 Å². The van der Waals surface area contributed by atoms with Gasteiger partial charge in [-0.05, 0) is 92.0 Å². The Morgan fingerprint density at radius 2 is 0.581 bits per heavy atom. The summed E-state index contributed by atoms with van der Waals surface area (Å²) < 4.78 is 5.05. The van der Waals surface area contributed by atoms with E-state index in [1.54, 1.807) is 0 Å². The van der Waals surface area contributed by atoms with E-state index in [0.29, 0.717) is 0 Å². The van der Waals surface area contributed by atoms with E-state index in [4.69, 9.17) is 0 Å². The van der Waals surface area contributed by atoms with E-state index in [2.05, 4.69) is 240 Å². The summed E-state index contributed by atoms with van der Waals surface area (Å²) in [6.07, 6.45) is 0. The van der Waals surface area contributed by atoms with Crippen LogP contribution in [0.3, 0.4) is 0 Å². The van der Waals surface area contributed by atoms with Crippen molar-refractivity contribution < 1.29 is 0 Å². The van der Waals surface area contributed by atoms with Crippen LogP contribution >= 0.6 is 0 Å². The largest absolute Gasteiger partial charge is 0.309 e. The number of aromatic nitrogens is 2. The second-order valence-electron chi connectivity index (χ2n) is 16.4. The SMILES string of the molecule is c1ccc(-c2ccc(-n3c4ccc(-c5ccccc5)cc4c4c5c6ccccc6c6c7ccccc7n(-c7ccc(-c8ccccc8)cc7)c6c5c5ccccc5c43)cc2)cc1. The summed E-state index contributed by atoms with van der Waals surface area (Å²) in [5, 5.41) is 12.6. The quantitative estimate of drug-likeness (QED) is 0.154. The molecule has 0 radical (unpaired) electrons. The Morgan fingerprint density at radius 3 is 1.15 bits per heavy atom. The lowest BCUT2D eigenvalue weighted by atomic mass is 9.89. The first kappa shape index (κ1) is 34.6. The fourth-order valence-electron chi connectivity index (χ4n) is 10.4. The summed E-state index contributed by atoms with van der Waals surface area (Å²) in [5.41, 5.74) is 14.4. The molecule has 0 unspecified atom stereocenters. The van der Waals surface area contributed by atoms with Gasteiger partial charge in [-0.25, -0.2) is 0 Å². The highest BCUT2D eigenvalue weighted by atomic mass is 15.0. The second kappa shape index (κ2) is 13.7. The zero-order chi connectivity index (χ0) is 40.7. The lowest BCUT2D eigenvalue weighted by Gasteiger charge is -2.17. The molecule has 0 amide bonds. The van der Waals surface area contributed by atoms with Crippen molar-refractivity contribution in [3.8, 4) is 44.8 Å². The minimum Gasteiger partial charge on any atom is -0.309 e. The smallest absolute Gasteiger partial charge is 0.0632 e. The van der Waals surface area contributed by atoms with Crippen LogP contribution in [0.2, 0.25) is 0 Å². The third kappa shape index (κ3) is 5.11. The van der Waals surface area contributed by atoms with E-state index in [-0.39, 0.29) is 0 Å². The molecule has 0 saturated heterocycles. The van der Waals surface area contributed by atoms with Gasteiger partial charge in [-0.15, -0.1) is 0 Å². The summed E-state index contributed by atoms with van der Waals surface area (Å²) in [4.78, 5) is 0. The van der Waals surface area contributed by atoms with Gasteiger partial charge in [0.2, 0.25) is 0 Å². The van der Waals surface area contributed by atoms with Crippen molar-refractivity contribution in [2.45, 2.75) is 0 Å². The van der Waals surface area contributed by atoms with Crippen molar-refractivity contribution >= 4 is 75.9 Å². The fourth-order valence-corrected chi connectivity index (χ4v) is 10.4. The third-order valence-electron chi connectivity index (χ3n) is 13.1. The molecule has 13 rings (SSSR count). The Labute approximate surface area is 358 Å². The Morgan fingerprint density at radius 1 is 0.210 bits per heavy atom. The molecule has 2 heterocycles. The molecule has 0 saturated carbocycles. The van der Waals surface area contributed by atoms with Gasteiger partial charge in [0.1, 0.15) is 0 Å². The number of fused-ring (bicyclic) bond motifs is 15. The van der Waals surface area contributed by atoms with Crippen LogP contribution in [0, 0.1) is 0 Å². The van der Waals surface area contributed by atoms with Crippen molar-refractivity contribution in [2.75, 3.05) is 0 Å². The summed E-state index contributed by atoms with van der Waals surface area (Å²) in [7, 11) is 0. The van der Waals surface area contributed by atoms with Crippen LogP contribution in [0.5, 0.6) is 0 Å². The van der Waals surface area contributed by atoms with Crippen LogP contribution in [0.25, 0.3) is 121 Å². The Kier molecular flexibility index (Phi) is 7.64. The number of hydrogen-bond acceptors (Lipinski definition) is 0.